The maximum Gasteiger partial charge on any atom is 0.262 e. The molecular weight excluding hydrogens is 308 g/mol. The molecule has 1 amide bonds. The van der Waals surface area contributed by atoms with Crippen LogP contribution in [0.3, 0.4) is 0 Å². The normalized spacial score (nSPS) is 12.9. The molecule has 0 saturated heterocycles. The van der Waals surface area contributed by atoms with Gasteiger partial charge in [-0.1, -0.05) is 6.07 Å². The lowest BCUT2D eigenvalue weighted by Crippen LogP contribution is -2.26. The van der Waals surface area contributed by atoms with Crippen LogP contribution in [0, 0.1) is 6.92 Å². The summed E-state index contributed by atoms with van der Waals surface area (Å²) in [7, 11) is 3.26. The molecule has 0 radical (unpaired) electrons. The molecule has 0 bridgehead atoms. The Kier molecular flexibility index (Phi) is 3.97. The van der Waals surface area contributed by atoms with Crippen molar-refractivity contribution in [3.05, 3.63) is 46.5 Å². The number of fused-ring (bicyclic) bond motifs is 1. The zero-order chi connectivity index (χ0) is 17.4. The molecule has 3 N–H and O–H groups in total. The number of ether oxygens (including phenoxy) is 1. The lowest BCUT2D eigenvalue weighted by molar-refractivity contribution is 0.0744. The number of anilines is 1. The maximum absolute atomic E-state index is 12.9. The average Bonchev–Trinajstić information content (AvgIpc) is 3.00. The Hall–Kier alpha value is -2.89. The van der Waals surface area contributed by atoms with Gasteiger partial charge in [-0.2, -0.15) is 0 Å². The van der Waals surface area contributed by atoms with Crippen LogP contribution in [0.25, 0.3) is 0 Å². The Morgan fingerprint density at radius 3 is 2.54 bits per heavy atom. The van der Waals surface area contributed by atoms with Gasteiger partial charge in [0.25, 0.3) is 5.91 Å². The van der Waals surface area contributed by atoms with Crippen LogP contribution >= 0.6 is 0 Å². The van der Waals surface area contributed by atoms with E-state index in [0.717, 1.165) is 16.8 Å². The van der Waals surface area contributed by atoms with Gasteiger partial charge in [0.1, 0.15) is 22.8 Å². The van der Waals surface area contributed by atoms with Gasteiger partial charge in [0.15, 0.2) is 0 Å². The van der Waals surface area contributed by atoms with Crippen LogP contribution in [0.4, 0.5) is 5.69 Å². The van der Waals surface area contributed by atoms with E-state index in [4.69, 9.17) is 4.74 Å². The molecule has 1 heterocycles. The quantitative estimate of drug-likeness (QED) is 0.807. The van der Waals surface area contributed by atoms with Crippen molar-refractivity contribution in [1.82, 2.24) is 4.90 Å². The SMILES string of the molecule is CNc1ccc2c(c1)CN(C(=O)c1c(O)cc(O)c(C)c1OC)C2. The van der Waals surface area contributed by atoms with Crippen LogP contribution in [0.2, 0.25) is 0 Å². The molecule has 24 heavy (non-hydrogen) atoms. The Morgan fingerprint density at radius 1 is 1.17 bits per heavy atom. The van der Waals surface area contributed by atoms with E-state index in [2.05, 4.69) is 5.32 Å². The Labute approximate surface area is 140 Å². The van der Waals surface area contributed by atoms with Crippen LogP contribution in [-0.2, 0) is 13.1 Å². The zero-order valence-corrected chi connectivity index (χ0v) is 13.9. The first kappa shape index (κ1) is 16.0. The standard InChI is InChI=1S/C18H20N2O4/c1-10-14(21)7-15(22)16(17(10)24-3)18(23)20-8-11-4-5-13(19-2)6-12(11)9-20/h4-7,19,21-22H,8-9H2,1-3H3. The molecule has 6 nitrogen and oxygen atoms in total. The minimum atomic E-state index is -0.324. The minimum Gasteiger partial charge on any atom is -0.507 e. The van der Waals surface area contributed by atoms with E-state index in [-0.39, 0.29) is 28.7 Å². The fourth-order valence-corrected chi connectivity index (χ4v) is 3.04. The van der Waals surface area contributed by atoms with Crippen molar-refractivity contribution in [3.8, 4) is 17.2 Å². The molecule has 0 fully saturated rings. The van der Waals surface area contributed by atoms with Gasteiger partial charge in [-0.15, -0.1) is 0 Å². The number of amides is 1. The van der Waals surface area contributed by atoms with Crippen molar-refractivity contribution >= 4 is 11.6 Å². The van der Waals surface area contributed by atoms with E-state index >= 15 is 0 Å². The van der Waals surface area contributed by atoms with Crippen molar-refractivity contribution in [1.29, 1.82) is 0 Å². The molecule has 0 aromatic heterocycles. The molecule has 2 aromatic rings. The summed E-state index contributed by atoms with van der Waals surface area (Å²) in [6.45, 7) is 2.58. The van der Waals surface area contributed by atoms with E-state index in [9.17, 15) is 15.0 Å². The number of benzene rings is 2. The van der Waals surface area contributed by atoms with E-state index in [0.29, 0.717) is 18.7 Å². The summed E-state index contributed by atoms with van der Waals surface area (Å²) in [5.74, 6) is -0.518. The third kappa shape index (κ3) is 2.50. The second-order valence-corrected chi connectivity index (χ2v) is 5.84. The predicted octanol–water partition coefficient (Wildman–Crippen LogP) is 2.61. The molecule has 1 aliphatic rings. The smallest absolute Gasteiger partial charge is 0.262 e. The van der Waals surface area contributed by atoms with E-state index < -0.39 is 0 Å². The first-order valence-electron chi connectivity index (χ1n) is 7.64. The van der Waals surface area contributed by atoms with Gasteiger partial charge in [0.05, 0.1) is 7.11 Å². The van der Waals surface area contributed by atoms with Gasteiger partial charge in [-0.05, 0) is 30.2 Å². The Morgan fingerprint density at radius 2 is 1.88 bits per heavy atom. The summed E-state index contributed by atoms with van der Waals surface area (Å²) in [5, 5.41) is 23.1. The number of carbonyl (C=O) groups excluding carboxylic acids is 1. The molecule has 1 aliphatic heterocycles. The number of carbonyl (C=O) groups is 1. The molecule has 6 heteroatoms. The van der Waals surface area contributed by atoms with E-state index in [1.165, 1.54) is 13.2 Å². The second-order valence-electron chi connectivity index (χ2n) is 5.84. The van der Waals surface area contributed by atoms with Crippen molar-refractivity contribution in [2.45, 2.75) is 20.0 Å². The molecule has 3 rings (SSSR count). The van der Waals surface area contributed by atoms with Gasteiger partial charge in [-0.3, -0.25) is 4.79 Å². The number of phenols is 2. The Balaban J connectivity index is 1.96. The lowest BCUT2D eigenvalue weighted by Gasteiger charge is -2.19. The number of rotatable bonds is 3. The molecule has 126 valence electrons. The number of hydrogen-bond donors (Lipinski definition) is 3. The highest BCUT2D eigenvalue weighted by Gasteiger charge is 2.30. The lowest BCUT2D eigenvalue weighted by atomic mass is 10.1. The van der Waals surface area contributed by atoms with Crippen LogP contribution in [-0.4, -0.2) is 35.2 Å². The van der Waals surface area contributed by atoms with Gasteiger partial charge < -0.3 is 25.2 Å². The van der Waals surface area contributed by atoms with Gasteiger partial charge in [0.2, 0.25) is 0 Å². The topological polar surface area (TPSA) is 82.0 Å². The molecule has 0 aliphatic carbocycles. The average molecular weight is 328 g/mol. The van der Waals surface area contributed by atoms with Crippen molar-refractivity contribution in [2.75, 3.05) is 19.5 Å². The van der Waals surface area contributed by atoms with Crippen LogP contribution < -0.4 is 10.1 Å². The Bertz CT molecular complexity index is 817. The molecular formula is C18H20N2O4. The van der Waals surface area contributed by atoms with Crippen LogP contribution in [0.5, 0.6) is 17.2 Å². The van der Waals surface area contributed by atoms with E-state index in [1.54, 1.807) is 11.8 Å². The van der Waals surface area contributed by atoms with Crippen molar-refractivity contribution < 1.29 is 19.7 Å². The zero-order valence-electron chi connectivity index (χ0n) is 13.9. The third-order valence-electron chi connectivity index (χ3n) is 4.40. The summed E-state index contributed by atoms with van der Waals surface area (Å²) in [6, 6.07) is 7.15. The number of hydrogen-bond acceptors (Lipinski definition) is 5. The molecule has 2 aromatic carbocycles. The number of nitrogens with zero attached hydrogens (tertiary/aromatic N) is 1. The number of aromatic hydroxyl groups is 2. The first-order chi connectivity index (χ1) is 11.5. The largest absolute Gasteiger partial charge is 0.507 e. The summed E-state index contributed by atoms with van der Waals surface area (Å²) >= 11 is 0. The number of nitrogens with one attached hydrogen (secondary N) is 1. The van der Waals surface area contributed by atoms with Crippen LogP contribution in [0.15, 0.2) is 24.3 Å². The maximum atomic E-state index is 12.9. The number of phenolic OH excluding ortho intramolecular Hbond substituents is 2. The summed E-state index contributed by atoms with van der Waals surface area (Å²) < 4.78 is 5.25. The fourth-order valence-electron chi connectivity index (χ4n) is 3.04. The predicted molar refractivity (Wildman–Crippen MR) is 90.6 cm³/mol. The first-order valence-corrected chi connectivity index (χ1v) is 7.64. The van der Waals surface area contributed by atoms with Crippen LogP contribution in [0.1, 0.15) is 27.0 Å². The van der Waals surface area contributed by atoms with E-state index in [1.807, 2.05) is 25.2 Å². The molecule has 0 atom stereocenters. The fraction of sp³-hybridized carbons (Fsp3) is 0.278. The minimum absolute atomic E-state index is 0.0782. The highest BCUT2D eigenvalue weighted by molar-refractivity contribution is 6.00. The molecule has 0 spiro atoms. The summed E-state index contributed by atoms with van der Waals surface area (Å²) in [4.78, 5) is 14.6. The summed E-state index contributed by atoms with van der Waals surface area (Å²) in [5.41, 5.74) is 3.65. The number of methoxy groups -OCH3 is 1. The molecule has 0 unspecified atom stereocenters. The molecule has 0 saturated carbocycles. The van der Waals surface area contributed by atoms with Crippen molar-refractivity contribution in [3.63, 3.8) is 0 Å². The van der Waals surface area contributed by atoms with Gasteiger partial charge in [0, 0.05) is 37.5 Å². The monoisotopic (exact) mass is 328 g/mol. The van der Waals surface area contributed by atoms with Gasteiger partial charge >= 0.3 is 0 Å². The van der Waals surface area contributed by atoms with Gasteiger partial charge in [-0.25, -0.2) is 0 Å². The highest BCUT2D eigenvalue weighted by Crippen LogP contribution is 2.39. The highest BCUT2D eigenvalue weighted by atomic mass is 16.5. The summed E-state index contributed by atoms with van der Waals surface area (Å²) in [6.07, 6.45) is 0. The third-order valence-corrected chi connectivity index (χ3v) is 4.40. The second kappa shape index (κ2) is 5.96. The van der Waals surface area contributed by atoms with Crippen molar-refractivity contribution in [2.24, 2.45) is 0 Å².